The van der Waals surface area contributed by atoms with Gasteiger partial charge < -0.3 is 25.5 Å². The number of imidazole rings is 1. The van der Waals surface area contributed by atoms with Crippen molar-refractivity contribution >= 4 is 36.8 Å². The molecule has 1 fully saturated rings. The summed E-state index contributed by atoms with van der Waals surface area (Å²) in [5.74, 6) is 1.35. The van der Waals surface area contributed by atoms with Crippen LogP contribution < -0.4 is 25.2 Å². The molecule has 3 heterocycles. The van der Waals surface area contributed by atoms with Crippen molar-refractivity contribution < 1.29 is 26.3 Å². The van der Waals surface area contributed by atoms with Crippen LogP contribution in [-0.4, -0.2) is 79.6 Å². The van der Waals surface area contributed by atoms with E-state index in [-0.39, 0.29) is 41.9 Å². The number of benzene rings is 4. The van der Waals surface area contributed by atoms with Gasteiger partial charge in [0.2, 0.25) is 15.8 Å². The number of hydrogen-bond acceptors (Lipinski definition) is 12. The Morgan fingerprint density at radius 3 is 2.27 bits per heavy atom. The smallest absolute Gasteiger partial charge is 0.242 e. The Kier molecular flexibility index (Phi) is 9.19. The Morgan fingerprint density at radius 1 is 0.902 bits per heavy atom. The molecular formula is C34H35N9O6S2. The molecule has 264 valence electrons. The fourth-order valence-corrected chi connectivity index (χ4v) is 9.86. The maximum atomic E-state index is 14.7. The second-order valence-corrected chi connectivity index (χ2v) is 15.9. The summed E-state index contributed by atoms with van der Waals surface area (Å²) in [5, 5.41) is 15.4. The minimum atomic E-state index is -4.60. The fourth-order valence-electron chi connectivity index (χ4n) is 6.14. The van der Waals surface area contributed by atoms with Crippen LogP contribution >= 0.6 is 0 Å². The normalized spacial score (nSPS) is 15.0. The third-order valence-corrected chi connectivity index (χ3v) is 12.6. The van der Waals surface area contributed by atoms with Crippen LogP contribution in [0.25, 0.3) is 33.5 Å². The predicted octanol–water partition coefficient (Wildman–Crippen LogP) is 3.15. The van der Waals surface area contributed by atoms with Crippen molar-refractivity contribution in [2.45, 2.75) is 34.6 Å². The molecule has 1 saturated heterocycles. The predicted molar refractivity (Wildman–Crippen MR) is 190 cm³/mol. The second-order valence-electron chi connectivity index (χ2n) is 12.0. The van der Waals surface area contributed by atoms with Gasteiger partial charge in [0, 0.05) is 18.7 Å². The van der Waals surface area contributed by atoms with Gasteiger partial charge in [-0.15, -0.1) is 10.2 Å². The zero-order valence-electron chi connectivity index (χ0n) is 27.7. The molecule has 4 aromatic carbocycles. The number of rotatable bonds is 12. The van der Waals surface area contributed by atoms with E-state index in [9.17, 15) is 16.8 Å². The van der Waals surface area contributed by atoms with Crippen molar-refractivity contribution in [3.8, 4) is 34.0 Å². The van der Waals surface area contributed by atoms with Crippen LogP contribution in [0.3, 0.4) is 0 Å². The maximum absolute atomic E-state index is 14.7. The number of fused-ring (bicyclic) bond motifs is 1. The molecule has 51 heavy (non-hydrogen) atoms. The zero-order chi connectivity index (χ0) is 35.8. The number of nitrogens with two attached hydrogens (primary N) is 1. The molecule has 1 atom stereocenters. The number of aromatic amines is 1. The van der Waals surface area contributed by atoms with Gasteiger partial charge in [0.05, 0.1) is 47.5 Å². The summed E-state index contributed by atoms with van der Waals surface area (Å²) >= 11 is 0. The van der Waals surface area contributed by atoms with Gasteiger partial charge in [0.25, 0.3) is 0 Å². The van der Waals surface area contributed by atoms with Crippen molar-refractivity contribution in [2.24, 2.45) is 0 Å². The van der Waals surface area contributed by atoms with Crippen molar-refractivity contribution in [1.82, 2.24) is 40.2 Å². The van der Waals surface area contributed by atoms with Crippen molar-refractivity contribution in [3.63, 3.8) is 0 Å². The Morgan fingerprint density at radius 2 is 1.61 bits per heavy atom. The summed E-state index contributed by atoms with van der Waals surface area (Å²) < 4.78 is 71.1. The molecule has 1 aliphatic rings. The van der Waals surface area contributed by atoms with Crippen molar-refractivity contribution in [1.29, 1.82) is 0 Å². The first-order valence-corrected chi connectivity index (χ1v) is 19.0. The molecule has 0 aliphatic carbocycles. The molecule has 2 aromatic heterocycles. The first-order chi connectivity index (χ1) is 24.6. The topological polar surface area (TPSA) is 209 Å². The molecular weight excluding hydrogens is 695 g/mol. The molecule has 6 aromatic rings. The number of para-hydroxylation sites is 1. The molecule has 0 spiro atoms. The first-order valence-electron chi connectivity index (χ1n) is 16.0. The number of tetrazole rings is 1. The molecule has 5 N–H and O–H groups in total. The molecule has 0 amide bonds. The van der Waals surface area contributed by atoms with Crippen LogP contribution in [-0.2, 0) is 33.0 Å². The highest BCUT2D eigenvalue weighted by molar-refractivity contribution is 7.94. The molecule has 0 radical (unpaired) electrons. The average Bonchev–Trinajstić information content (AvgIpc) is 3.92. The molecule has 0 bridgehead atoms. The lowest BCUT2D eigenvalue weighted by atomic mass is 9.98. The lowest BCUT2D eigenvalue weighted by molar-refractivity contribution is 0.414. The number of H-pyrrole nitrogens is 1. The van der Waals surface area contributed by atoms with Crippen LogP contribution in [0.2, 0.25) is 0 Å². The number of anilines is 1. The maximum Gasteiger partial charge on any atom is 0.242 e. The Balaban J connectivity index is 1.44. The van der Waals surface area contributed by atoms with Crippen LogP contribution in [0.5, 0.6) is 11.5 Å². The Labute approximate surface area is 294 Å². The van der Waals surface area contributed by atoms with Gasteiger partial charge >= 0.3 is 0 Å². The molecule has 1 aliphatic heterocycles. The molecule has 7 rings (SSSR count). The van der Waals surface area contributed by atoms with Gasteiger partial charge in [0.15, 0.2) is 15.8 Å². The summed E-state index contributed by atoms with van der Waals surface area (Å²) in [6.07, 6.45) is 0.320. The van der Waals surface area contributed by atoms with Crippen LogP contribution in [0, 0.1) is 0 Å². The highest BCUT2D eigenvalue weighted by Crippen LogP contribution is 2.42. The minimum absolute atomic E-state index is 0.0423. The zero-order valence-corrected chi connectivity index (χ0v) is 29.3. The summed E-state index contributed by atoms with van der Waals surface area (Å²) in [5.41, 5.74) is 9.31. The summed E-state index contributed by atoms with van der Waals surface area (Å²) in [4.78, 5) is 7.94. The number of sulfonamides is 1. The van der Waals surface area contributed by atoms with Crippen LogP contribution in [0.1, 0.15) is 17.5 Å². The number of aromatic nitrogens is 6. The van der Waals surface area contributed by atoms with E-state index >= 15 is 0 Å². The van der Waals surface area contributed by atoms with E-state index in [0.29, 0.717) is 52.2 Å². The molecule has 17 heteroatoms. The quantitative estimate of drug-likeness (QED) is 0.143. The van der Waals surface area contributed by atoms with Crippen LogP contribution in [0.4, 0.5) is 5.95 Å². The number of nitrogens with zero attached hydrogens (tertiary/aromatic N) is 5. The van der Waals surface area contributed by atoms with E-state index in [4.69, 9.17) is 15.2 Å². The largest absolute Gasteiger partial charge is 0.497 e. The van der Waals surface area contributed by atoms with Crippen molar-refractivity contribution in [2.75, 3.05) is 33.0 Å². The monoisotopic (exact) mass is 729 g/mol. The molecule has 15 nitrogen and oxygen atoms in total. The number of methoxy groups -OCH3 is 2. The second kappa shape index (κ2) is 13.7. The van der Waals surface area contributed by atoms with E-state index in [1.54, 1.807) is 67.8 Å². The lowest BCUT2D eigenvalue weighted by Gasteiger charge is -2.20. The van der Waals surface area contributed by atoms with E-state index < -0.39 is 30.0 Å². The van der Waals surface area contributed by atoms with Gasteiger partial charge in [0.1, 0.15) is 16.4 Å². The van der Waals surface area contributed by atoms with Crippen molar-refractivity contribution in [3.05, 3.63) is 90.0 Å². The first kappa shape index (κ1) is 34.1. The average molecular weight is 730 g/mol. The number of hydrogen-bond donors (Lipinski definition) is 4. The van der Waals surface area contributed by atoms with E-state index in [1.807, 2.05) is 12.1 Å². The third kappa shape index (κ3) is 6.75. The Bertz CT molecular complexity index is 2420. The summed E-state index contributed by atoms with van der Waals surface area (Å²) in [7, 11) is -5.68. The van der Waals surface area contributed by atoms with Gasteiger partial charge in [-0.2, -0.15) is 4.80 Å². The van der Waals surface area contributed by atoms with Crippen LogP contribution in [0.15, 0.2) is 88.7 Å². The van der Waals surface area contributed by atoms with E-state index in [0.717, 1.165) is 5.56 Å². The van der Waals surface area contributed by atoms with Gasteiger partial charge in [-0.1, -0.05) is 42.5 Å². The standard InChI is InChI=1S/C34H35N9O6S2/c1-48-23-10-6-21(7-11-23)18-37-51(46,47)32-29(50(44,45)25-16-17-36-19-25)15-14-26(27-4-3-5-28-31(27)39-34(35)38-28)30(32)33-40-42-43(41-33)20-22-8-12-24(49-2)13-9-22/h3-15,25,36-37H,16-20H2,1-2H3,(H3,35,38,39)/t25-/m1/s1. The third-order valence-electron chi connectivity index (χ3n) is 8.76. The highest BCUT2D eigenvalue weighted by atomic mass is 32.2. The van der Waals surface area contributed by atoms with E-state index in [2.05, 4.69) is 35.4 Å². The summed E-state index contributed by atoms with van der Waals surface area (Å²) in [6, 6.07) is 22.3. The fraction of sp³-hybridized carbons (Fsp3) is 0.235. The van der Waals surface area contributed by atoms with Gasteiger partial charge in [-0.05, 0) is 71.3 Å². The summed E-state index contributed by atoms with van der Waals surface area (Å²) in [6.45, 7) is 0.724. The highest BCUT2D eigenvalue weighted by Gasteiger charge is 2.39. The molecule has 0 unspecified atom stereocenters. The number of ether oxygens (including phenoxy) is 2. The van der Waals surface area contributed by atoms with E-state index in [1.165, 1.54) is 18.0 Å². The molecule has 0 saturated carbocycles. The lowest BCUT2D eigenvalue weighted by Crippen LogP contribution is -2.30. The number of nitrogens with one attached hydrogen (secondary N) is 3. The minimum Gasteiger partial charge on any atom is -0.497 e. The SMILES string of the molecule is COc1ccc(CNS(=O)(=O)c2c(S(=O)(=O)[C@@H]3CCNC3)ccc(-c3cccc4[nH]c(N)nc34)c2-c2nnn(Cc3ccc(OC)cc3)n2)cc1. The number of nitrogen functional groups attached to an aromatic ring is 1. The van der Waals surface area contributed by atoms with Gasteiger partial charge in [-0.3, -0.25) is 0 Å². The Hall–Kier alpha value is -5.36. The number of sulfone groups is 1. The van der Waals surface area contributed by atoms with Gasteiger partial charge in [-0.25, -0.2) is 26.5 Å².